The van der Waals surface area contributed by atoms with Crippen LogP contribution in [-0.4, -0.2) is 26.9 Å². The standard InChI is InChI=1S/C17H16ClN3O3S/c18-14-6-8-15(9-7-14)25(23,24)21-16(17(22)20-11-10-19)12-13-4-2-1-3-5-13/h1-9,16,21H,11-12H2,(H,20,22). The molecule has 2 N–H and O–H groups in total. The zero-order valence-electron chi connectivity index (χ0n) is 13.1. The summed E-state index contributed by atoms with van der Waals surface area (Å²) >= 11 is 5.77. The van der Waals surface area contributed by atoms with Crippen molar-refractivity contribution in [2.45, 2.75) is 17.4 Å². The minimum atomic E-state index is -3.92. The lowest BCUT2D eigenvalue weighted by atomic mass is 10.1. The molecule has 1 amide bonds. The van der Waals surface area contributed by atoms with Gasteiger partial charge in [0.1, 0.15) is 12.6 Å². The summed E-state index contributed by atoms with van der Waals surface area (Å²) in [4.78, 5) is 12.3. The molecule has 0 fully saturated rings. The molecule has 6 nitrogen and oxygen atoms in total. The highest BCUT2D eigenvalue weighted by Crippen LogP contribution is 2.15. The number of sulfonamides is 1. The molecule has 2 aromatic rings. The molecule has 0 saturated heterocycles. The predicted molar refractivity (Wildman–Crippen MR) is 94.3 cm³/mol. The summed E-state index contributed by atoms with van der Waals surface area (Å²) < 4.78 is 27.4. The summed E-state index contributed by atoms with van der Waals surface area (Å²) in [6.45, 7) is -0.202. The van der Waals surface area contributed by atoms with E-state index in [0.29, 0.717) is 5.02 Å². The van der Waals surface area contributed by atoms with Crippen LogP contribution in [0.3, 0.4) is 0 Å². The summed E-state index contributed by atoms with van der Waals surface area (Å²) in [6, 6.07) is 15.4. The van der Waals surface area contributed by atoms with Crippen LogP contribution in [-0.2, 0) is 21.2 Å². The molecule has 0 aromatic heterocycles. The van der Waals surface area contributed by atoms with Crippen molar-refractivity contribution in [1.29, 1.82) is 5.26 Å². The molecule has 0 aliphatic carbocycles. The molecule has 0 aliphatic heterocycles. The van der Waals surface area contributed by atoms with Gasteiger partial charge in [0.05, 0.1) is 11.0 Å². The molecule has 2 rings (SSSR count). The van der Waals surface area contributed by atoms with Gasteiger partial charge >= 0.3 is 0 Å². The SMILES string of the molecule is N#CCNC(=O)C(Cc1ccccc1)NS(=O)(=O)c1ccc(Cl)cc1. The molecule has 0 bridgehead atoms. The highest BCUT2D eigenvalue weighted by atomic mass is 35.5. The van der Waals surface area contributed by atoms with Crippen molar-refractivity contribution in [1.82, 2.24) is 10.0 Å². The van der Waals surface area contributed by atoms with Crippen molar-refractivity contribution in [2.24, 2.45) is 0 Å². The first-order chi connectivity index (χ1) is 11.9. The first-order valence-corrected chi connectivity index (χ1v) is 9.25. The highest BCUT2D eigenvalue weighted by Gasteiger charge is 2.25. The van der Waals surface area contributed by atoms with Crippen LogP contribution in [0.25, 0.3) is 0 Å². The van der Waals surface area contributed by atoms with Crippen LogP contribution in [0, 0.1) is 11.3 Å². The third kappa shape index (κ3) is 5.57. The molecule has 1 unspecified atom stereocenters. The first kappa shape index (κ1) is 18.9. The molecule has 8 heteroatoms. The second-order valence-electron chi connectivity index (χ2n) is 5.19. The molecule has 2 aromatic carbocycles. The average molecular weight is 378 g/mol. The number of carbonyl (C=O) groups excluding carboxylic acids is 1. The molecule has 25 heavy (non-hydrogen) atoms. The Hall–Kier alpha value is -2.40. The highest BCUT2D eigenvalue weighted by molar-refractivity contribution is 7.89. The Bertz CT molecular complexity index is 862. The second kappa shape index (κ2) is 8.62. The Morgan fingerprint density at radius 2 is 1.76 bits per heavy atom. The molecule has 0 saturated carbocycles. The number of carbonyl (C=O) groups is 1. The maximum atomic E-state index is 12.5. The van der Waals surface area contributed by atoms with Crippen molar-refractivity contribution in [3.63, 3.8) is 0 Å². The fourth-order valence-corrected chi connectivity index (χ4v) is 3.48. The number of nitriles is 1. The Kier molecular flexibility index (Phi) is 6.53. The Morgan fingerprint density at radius 1 is 1.12 bits per heavy atom. The van der Waals surface area contributed by atoms with Crippen LogP contribution in [0.4, 0.5) is 0 Å². The number of benzene rings is 2. The lowest BCUT2D eigenvalue weighted by Gasteiger charge is -2.18. The van der Waals surface area contributed by atoms with E-state index in [9.17, 15) is 13.2 Å². The second-order valence-corrected chi connectivity index (χ2v) is 7.34. The maximum absolute atomic E-state index is 12.5. The first-order valence-electron chi connectivity index (χ1n) is 7.39. The van der Waals surface area contributed by atoms with Gasteiger partial charge in [-0.25, -0.2) is 8.42 Å². The Morgan fingerprint density at radius 3 is 2.36 bits per heavy atom. The molecule has 0 radical (unpaired) electrons. The molecule has 1 atom stereocenters. The van der Waals surface area contributed by atoms with Crippen molar-refractivity contribution in [3.05, 3.63) is 65.2 Å². The van der Waals surface area contributed by atoms with Crippen LogP contribution in [0.15, 0.2) is 59.5 Å². The summed E-state index contributed by atoms with van der Waals surface area (Å²) in [5.41, 5.74) is 0.790. The summed E-state index contributed by atoms with van der Waals surface area (Å²) in [7, 11) is -3.92. The van der Waals surface area contributed by atoms with Gasteiger partial charge < -0.3 is 5.32 Å². The van der Waals surface area contributed by atoms with Crippen LogP contribution in [0.2, 0.25) is 5.02 Å². The molecule has 0 aliphatic rings. The number of halogens is 1. The lowest BCUT2D eigenvalue weighted by molar-refractivity contribution is -0.122. The minimum absolute atomic E-state index is 0.00282. The smallest absolute Gasteiger partial charge is 0.241 e. The predicted octanol–water partition coefficient (Wildman–Crippen LogP) is 1.87. The van der Waals surface area contributed by atoms with E-state index in [4.69, 9.17) is 16.9 Å². The zero-order valence-corrected chi connectivity index (χ0v) is 14.7. The van der Waals surface area contributed by atoms with Crippen molar-refractivity contribution in [3.8, 4) is 6.07 Å². The van der Waals surface area contributed by atoms with E-state index in [1.54, 1.807) is 30.3 Å². The van der Waals surface area contributed by atoms with E-state index in [0.717, 1.165) is 5.56 Å². The quantitative estimate of drug-likeness (QED) is 0.719. The Balaban J connectivity index is 2.23. The minimum Gasteiger partial charge on any atom is -0.342 e. The molecule has 0 spiro atoms. The molecule has 130 valence electrons. The molecular weight excluding hydrogens is 362 g/mol. The van der Waals surface area contributed by atoms with E-state index in [1.165, 1.54) is 24.3 Å². The molecular formula is C17H16ClN3O3S. The topological polar surface area (TPSA) is 99.1 Å². The monoisotopic (exact) mass is 377 g/mol. The van der Waals surface area contributed by atoms with Crippen LogP contribution in [0.5, 0.6) is 0 Å². The van der Waals surface area contributed by atoms with Crippen molar-refractivity contribution < 1.29 is 13.2 Å². The van der Waals surface area contributed by atoms with Crippen molar-refractivity contribution >= 4 is 27.5 Å². The van der Waals surface area contributed by atoms with Gasteiger partial charge in [-0.15, -0.1) is 0 Å². The largest absolute Gasteiger partial charge is 0.342 e. The van der Waals surface area contributed by atoms with Gasteiger partial charge in [-0.3, -0.25) is 4.79 Å². The average Bonchev–Trinajstić information content (AvgIpc) is 2.60. The van der Waals surface area contributed by atoms with Gasteiger partial charge in [0.15, 0.2) is 0 Å². The van der Waals surface area contributed by atoms with E-state index >= 15 is 0 Å². The van der Waals surface area contributed by atoms with E-state index < -0.39 is 22.0 Å². The number of rotatable bonds is 7. The van der Waals surface area contributed by atoms with Gasteiger partial charge in [0, 0.05) is 5.02 Å². The number of amides is 1. The number of nitrogens with one attached hydrogen (secondary N) is 2. The fraction of sp³-hybridized carbons (Fsp3) is 0.176. The van der Waals surface area contributed by atoms with E-state index in [1.807, 2.05) is 6.07 Å². The maximum Gasteiger partial charge on any atom is 0.241 e. The van der Waals surface area contributed by atoms with Crippen LogP contribution < -0.4 is 10.0 Å². The number of hydrogen-bond acceptors (Lipinski definition) is 4. The van der Waals surface area contributed by atoms with E-state index in [-0.39, 0.29) is 17.9 Å². The van der Waals surface area contributed by atoms with Gasteiger partial charge in [0.25, 0.3) is 0 Å². The van der Waals surface area contributed by atoms with Crippen molar-refractivity contribution in [2.75, 3.05) is 6.54 Å². The number of hydrogen-bond donors (Lipinski definition) is 2. The van der Waals surface area contributed by atoms with Crippen LogP contribution in [0.1, 0.15) is 5.56 Å². The van der Waals surface area contributed by atoms with Gasteiger partial charge in [-0.2, -0.15) is 9.98 Å². The lowest BCUT2D eigenvalue weighted by Crippen LogP contribution is -2.48. The van der Waals surface area contributed by atoms with Gasteiger partial charge in [0.2, 0.25) is 15.9 Å². The fourth-order valence-electron chi connectivity index (χ4n) is 2.16. The summed E-state index contributed by atoms with van der Waals surface area (Å²) in [5, 5.41) is 11.4. The molecule has 0 heterocycles. The van der Waals surface area contributed by atoms with Crippen LogP contribution >= 0.6 is 11.6 Å². The third-order valence-electron chi connectivity index (χ3n) is 3.36. The zero-order chi connectivity index (χ0) is 18.3. The number of nitrogens with zero attached hydrogens (tertiary/aromatic N) is 1. The normalized spacial score (nSPS) is 12.2. The van der Waals surface area contributed by atoms with Gasteiger partial charge in [-0.1, -0.05) is 41.9 Å². The van der Waals surface area contributed by atoms with E-state index in [2.05, 4.69) is 10.0 Å². The summed E-state index contributed by atoms with van der Waals surface area (Å²) in [6.07, 6.45) is 0.158. The van der Waals surface area contributed by atoms with Gasteiger partial charge in [-0.05, 0) is 36.2 Å². The third-order valence-corrected chi connectivity index (χ3v) is 5.10. The Labute approximate surface area is 151 Å². The summed E-state index contributed by atoms with van der Waals surface area (Å²) in [5.74, 6) is -0.567.